The number of hydrogen-bond donors (Lipinski definition) is 0. The van der Waals surface area contributed by atoms with Crippen molar-refractivity contribution in [3.8, 4) is 0 Å². The molecule has 0 saturated carbocycles. The standard InChI is InChI=1S/C15H17F2N3O2S/c16-14-5-1-6-15(17)13(14)11-23(21,22)19-8-2-4-12(10-19)20-9-3-7-18-20/h1,3,5-7,9,12H,2,4,8,10-11H2. The van der Waals surface area contributed by atoms with E-state index in [0.717, 1.165) is 18.6 Å². The summed E-state index contributed by atoms with van der Waals surface area (Å²) in [7, 11) is -3.79. The molecule has 124 valence electrons. The zero-order valence-electron chi connectivity index (χ0n) is 12.4. The zero-order chi connectivity index (χ0) is 16.4. The molecule has 3 rings (SSSR count). The van der Waals surface area contributed by atoms with Gasteiger partial charge in [-0.15, -0.1) is 0 Å². The van der Waals surface area contributed by atoms with Crippen molar-refractivity contribution in [1.82, 2.24) is 14.1 Å². The molecule has 0 bridgehead atoms. The Labute approximate surface area is 133 Å². The van der Waals surface area contributed by atoms with Crippen LogP contribution in [0.25, 0.3) is 0 Å². The lowest BCUT2D eigenvalue weighted by Gasteiger charge is -2.32. The fraction of sp³-hybridized carbons (Fsp3) is 0.400. The van der Waals surface area contributed by atoms with E-state index < -0.39 is 33.0 Å². The van der Waals surface area contributed by atoms with E-state index in [1.165, 1.54) is 10.4 Å². The highest BCUT2D eigenvalue weighted by Crippen LogP contribution is 2.25. The summed E-state index contributed by atoms with van der Waals surface area (Å²) in [6.07, 6.45) is 4.94. The van der Waals surface area contributed by atoms with Gasteiger partial charge in [-0.05, 0) is 31.0 Å². The second-order valence-electron chi connectivity index (χ2n) is 5.60. The van der Waals surface area contributed by atoms with Gasteiger partial charge in [-0.2, -0.15) is 9.40 Å². The van der Waals surface area contributed by atoms with Crippen LogP contribution < -0.4 is 0 Å². The number of benzene rings is 1. The van der Waals surface area contributed by atoms with Crippen LogP contribution in [0.1, 0.15) is 24.4 Å². The highest BCUT2D eigenvalue weighted by atomic mass is 32.2. The molecule has 1 aliphatic rings. The Hall–Kier alpha value is -1.80. The Morgan fingerprint density at radius 3 is 2.61 bits per heavy atom. The van der Waals surface area contributed by atoms with E-state index >= 15 is 0 Å². The normalized spacial score (nSPS) is 19.8. The van der Waals surface area contributed by atoms with Crippen molar-refractivity contribution in [2.45, 2.75) is 24.6 Å². The highest BCUT2D eigenvalue weighted by Gasteiger charge is 2.31. The second kappa shape index (κ2) is 6.37. The predicted molar refractivity (Wildman–Crippen MR) is 81.1 cm³/mol. The maximum absolute atomic E-state index is 13.7. The first-order valence-corrected chi connectivity index (χ1v) is 8.98. The molecule has 0 aliphatic carbocycles. The summed E-state index contributed by atoms with van der Waals surface area (Å²) in [6.45, 7) is 0.621. The number of rotatable bonds is 4. The Balaban J connectivity index is 1.79. The lowest BCUT2D eigenvalue weighted by molar-refractivity contribution is 0.253. The lowest BCUT2D eigenvalue weighted by Crippen LogP contribution is -2.41. The fourth-order valence-corrected chi connectivity index (χ4v) is 4.46. The van der Waals surface area contributed by atoms with E-state index in [-0.39, 0.29) is 12.6 Å². The van der Waals surface area contributed by atoms with Crippen molar-refractivity contribution in [2.75, 3.05) is 13.1 Å². The Morgan fingerprint density at radius 2 is 1.96 bits per heavy atom. The van der Waals surface area contributed by atoms with Crippen molar-refractivity contribution >= 4 is 10.0 Å². The molecule has 0 N–H and O–H groups in total. The van der Waals surface area contributed by atoms with Crippen LogP contribution in [0.4, 0.5) is 8.78 Å². The molecule has 2 heterocycles. The average molecular weight is 341 g/mol. The van der Waals surface area contributed by atoms with E-state index in [0.29, 0.717) is 13.0 Å². The number of aromatic nitrogens is 2. The van der Waals surface area contributed by atoms with Crippen LogP contribution in [-0.4, -0.2) is 35.6 Å². The van der Waals surface area contributed by atoms with E-state index in [1.807, 2.05) is 0 Å². The number of sulfonamides is 1. The van der Waals surface area contributed by atoms with E-state index in [9.17, 15) is 17.2 Å². The third-order valence-electron chi connectivity index (χ3n) is 4.04. The SMILES string of the molecule is O=S(=O)(Cc1c(F)cccc1F)N1CCCC(n2cccn2)C1. The van der Waals surface area contributed by atoms with Crippen LogP contribution in [0.5, 0.6) is 0 Å². The van der Waals surface area contributed by atoms with Crippen LogP contribution in [0.3, 0.4) is 0 Å². The quantitative estimate of drug-likeness (QED) is 0.858. The van der Waals surface area contributed by atoms with E-state index in [2.05, 4.69) is 5.10 Å². The van der Waals surface area contributed by atoms with Crippen LogP contribution >= 0.6 is 0 Å². The first-order valence-electron chi connectivity index (χ1n) is 7.37. The fourth-order valence-electron chi connectivity index (χ4n) is 2.83. The summed E-state index contributed by atoms with van der Waals surface area (Å²) in [5.41, 5.74) is -0.409. The molecule has 1 atom stereocenters. The minimum Gasteiger partial charge on any atom is -0.268 e. The maximum atomic E-state index is 13.7. The van der Waals surface area contributed by atoms with E-state index in [1.54, 1.807) is 23.1 Å². The summed E-state index contributed by atoms with van der Waals surface area (Å²) in [5.74, 6) is -2.35. The Kier molecular flexibility index (Phi) is 4.45. The number of nitrogens with zero attached hydrogens (tertiary/aromatic N) is 3. The van der Waals surface area contributed by atoms with Gasteiger partial charge in [0.25, 0.3) is 0 Å². The van der Waals surface area contributed by atoms with Crippen LogP contribution in [0.15, 0.2) is 36.7 Å². The van der Waals surface area contributed by atoms with Crippen molar-refractivity contribution in [3.63, 3.8) is 0 Å². The van der Waals surface area contributed by atoms with Crippen molar-refractivity contribution < 1.29 is 17.2 Å². The Morgan fingerprint density at radius 1 is 1.22 bits per heavy atom. The summed E-state index contributed by atoms with van der Waals surface area (Å²) in [4.78, 5) is 0. The minimum atomic E-state index is -3.79. The van der Waals surface area contributed by atoms with Gasteiger partial charge in [-0.3, -0.25) is 4.68 Å². The van der Waals surface area contributed by atoms with Crippen molar-refractivity contribution in [1.29, 1.82) is 0 Å². The summed E-state index contributed by atoms with van der Waals surface area (Å²) >= 11 is 0. The van der Waals surface area contributed by atoms with Gasteiger partial charge in [0.15, 0.2) is 0 Å². The smallest absolute Gasteiger partial charge is 0.218 e. The van der Waals surface area contributed by atoms with Crippen LogP contribution in [-0.2, 0) is 15.8 Å². The first kappa shape index (κ1) is 16.1. The molecule has 0 spiro atoms. The second-order valence-corrected chi connectivity index (χ2v) is 7.57. The molecule has 1 aliphatic heterocycles. The number of piperidine rings is 1. The molecule has 0 radical (unpaired) electrons. The molecule has 8 heteroatoms. The molecule has 2 aromatic rings. The van der Waals surface area contributed by atoms with Crippen LogP contribution in [0.2, 0.25) is 0 Å². The molecule has 5 nitrogen and oxygen atoms in total. The van der Waals surface area contributed by atoms with Gasteiger partial charge in [0.1, 0.15) is 11.6 Å². The Bertz CT molecular complexity index is 758. The molecule has 23 heavy (non-hydrogen) atoms. The predicted octanol–water partition coefficient (Wildman–Crippen LogP) is 2.33. The average Bonchev–Trinajstić information content (AvgIpc) is 3.06. The number of halogens is 2. The summed E-state index contributed by atoms with van der Waals surface area (Å²) < 4.78 is 55.5. The van der Waals surface area contributed by atoms with Gasteiger partial charge >= 0.3 is 0 Å². The molecule has 0 amide bonds. The molecule has 1 saturated heterocycles. The lowest BCUT2D eigenvalue weighted by atomic mass is 10.1. The maximum Gasteiger partial charge on any atom is 0.218 e. The summed E-state index contributed by atoms with van der Waals surface area (Å²) in [5, 5.41) is 4.14. The third kappa shape index (κ3) is 3.42. The molecule has 1 fully saturated rings. The molecular weight excluding hydrogens is 324 g/mol. The van der Waals surface area contributed by atoms with Gasteiger partial charge in [0, 0.05) is 31.0 Å². The minimum absolute atomic E-state index is 0.0565. The van der Waals surface area contributed by atoms with Gasteiger partial charge < -0.3 is 0 Å². The molecule has 1 aromatic heterocycles. The van der Waals surface area contributed by atoms with Gasteiger partial charge in [-0.1, -0.05) is 6.07 Å². The zero-order valence-corrected chi connectivity index (χ0v) is 13.2. The summed E-state index contributed by atoms with van der Waals surface area (Å²) in [6, 6.07) is 5.07. The molecule has 1 unspecified atom stereocenters. The third-order valence-corrected chi connectivity index (χ3v) is 5.81. The van der Waals surface area contributed by atoms with Gasteiger partial charge in [-0.25, -0.2) is 17.2 Å². The molecule has 1 aromatic carbocycles. The topological polar surface area (TPSA) is 55.2 Å². The van der Waals surface area contributed by atoms with Crippen molar-refractivity contribution in [2.24, 2.45) is 0 Å². The highest BCUT2D eigenvalue weighted by molar-refractivity contribution is 7.88. The van der Waals surface area contributed by atoms with Crippen LogP contribution in [0, 0.1) is 11.6 Å². The van der Waals surface area contributed by atoms with Gasteiger partial charge in [0.05, 0.1) is 11.8 Å². The first-order chi connectivity index (χ1) is 11.0. The monoisotopic (exact) mass is 341 g/mol. The molecular formula is C15H17F2N3O2S. The number of hydrogen-bond acceptors (Lipinski definition) is 3. The largest absolute Gasteiger partial charge is 0.268 e. The van der Waals surface area contributed by atoms with E-state index in [4.69, 9.17) is 0 Å². The van der Waals surface area contributed by atoms with Crippen molar-refractivity contribution in [3.05, 3.63) is 53.9 Å². The van der Waals surface area contributed by atoms with Gasteiger partial charge in [0.2, 0.25) is 10.0 Å².